The lowest BCUT2D eigenvalue weighted by molar-refractivity contribution is 0.593. The lowest BCUT2D eigenvalue weighted by Crippen LogP contribution is -2.14. The van der Waals surface area contributed by atoms with E-state index >= 15 is 0 Å². The first kappa shape index (κ1) is 15.6. The van der Waals surface area contributed by atoms with Crippen LogP contribution in [0.15, 0.2) is 35.2 Å². The van der Waals surface area contributed by atoms with E-state index in [4.69, 9.17) is 17.3 Å². The highest BCUT2D eigenvalue weighted by Gasteiger charge is 2.18. The van der Waals surface area contributed by atoms with Gasteiger partial charge in [0.2, 0.25) is 0 Å². The Balaban J connectivity index is 2.43. The van der Waals surface area contributed by atoms with E-state index in [0.29, 0.717) is 0 Å². The summed E-state index contributed by atoms with van der Waals surface area (Å²) in [5.41, 5.74) is 7.01. The minimum Gasteiger partial charge on any atom is -0.398 e. The van der Waals surface area contributed by atoms with Crippen molar-refractivity contribution in [3.05, 3.63) is 52.3 Å². The molecule has 0 saturated heterocycles. The van der Waals surface area contributed by atoms with Gasteiger partial charge < -0.3 is 5.73 Å². The summed E-state index contributed by atoms with van der Waals surface area (Å²) in [7, 11) is -3.96. The topological polar surface area (TPSA) is 72.2 Å². The number of halogens is 2. The molecule has 0 aromatic heterocycles. The van der Waals surface area contributed by atoms with E-state index in [-0.39, 0.29) is 26.9 Å². The summed E-state index contributed by atoms with van der Waals surface area (Å²) >= 11 is 5.99. The molecule has 0 heterocycles. The molecule has 2 aromatic rings. The highest BCUT2D eigenvalue weighted by Crippen LogP contribution is 2.27. The number of anilines is 2. The molecular formula is C14H14ClFN2O2S. The van der Waals surface area contributed by atoms with Crippen LogP contribution < -0.4 is 10.5 Å². The molecule has 0 aliphatic carbocycles. The van der Waals surface area contributed by atoms with Gasteiger partial charge in [-0.25, -0.2) is 12.8 Å². The number of sulfonamides is 1. The quantitative estimate of drug-likeness (QED) is 0.847. The van der Waals surface area contributed by atoms with Crippen molar-refractivity contribution in [2.75, 3.05) is 10.5 Å². The van der Waals surface area contributed by atoms with E-state index in [1.807, 2.05) is 6.92 Å². The first-order valence-corrected chi connectivity index (χ1v) is 7.91. The van der Waals surface area contributed by atoms with Gasteiger partial charge in [0.25, 0.3) is 10.0 Å². The summed E-state index contributed by atoms with van der Waals surface area (Å²) < 4.78 is 40.5. The van der Waals surface area contributed by atoms with Crippen molar-refractivity contribution in [1.29, 1.82) is 0 Å². The lowest BCUT2D eigenvalue weighted by atomic mass is 10.2. The number of nitrogens with two attached hydrogens (primary N) is 1. The highest BCUT2D eigenvalue weighted by molar-refractivity contribution is 7.92. The highest BCUT2D eigenvalue weighted by atomic mass is 35.5. The van der Waals surface area contributed by atoms with Gasteiger partial charge in [-0.1, -0.05) is 17.7 Å². The van der Waals surface area contributed by atoms with Gasteiger partial charge in [0.05, 0.1) is 15.6 Å². The monoisotopic (exact) mass is 328 g/mol. The molecular weight excluding hydrogens is 315 g/mol. The number of nitrogens with one attached hydrogen (secondary N) is 1. The fourth-order valence-electron chi connectivity index (χ4n) is 1.74. The van der Waals surface area contributed by atoms with Crippen LogP contribution in [-0.2, 0) is 10.0 Å². The zero-order valence-electron chi connectivity index (χ0n) is 11.4. The summed E-state index contributed by atoms with van der Waals surface area (Å²) in [6, 6.07) is 7.03. The molecule has 21 heavy (non-hydrogen) atoms. The third-order valence-corrected chi connectivity index (χ3v) is 4.69. The second kappa shape index (κ2) is 5.54. The van der Waals surface area contributed by atoms with E-state index in [2.05, 4.69) is 4.72 Å². The fourth-order valence-corrected chi connectivity index (χ4v) is 3.20. The smallest absolute Gasteiger partial charge is 0.262 e. The van der Waals surface area contributed by atoms with Crippen molar-refractivity contribution in [3.8, 4) is 0 Å². The Labute approximate surface area is 127 Å². The van der Waals surface area contributed by atoms with Crippen LogP contribution in [0, 0.1) is 19.7 Å². The molecule has 3 N–H and O–H groups in total. The van der Waals surface area contributed by atoms with Gasteiger partial charge in [-0.05, 0) is 43.7 Å². The Kier molecular flexibility index (Phi) is 4.11. The average Bonchev–Trinajstić information content (AvgIpc) is 2.38. The van der Waals surface area contributed by atoms with Crippen LogP contribution in [0.5, 0.6) is 0 Å². The largest absolute Gasteiger partial charge is 0.398 e. The van der Waals surface area contributed by atoms with Crippen LogP contribution in [0.1, 0.15) is 11.1 Å². The molecule has 0 aliphatic rings. The zero-order chi connectivity index (χ0) is 15.8. The van der Waals surface area contributed by atoms with Gasteiger partial charge >= 0.3 is 0 Å². The van der Waals surface area contributed by atoms with Crippen molar-refractivity contribution in [1.82, 2.24) is 0 Å². The normalized spacial score (nSPS) is 11.4. The summed E-state index contributed by atoms with van der Waals surface area (Å²) in [5, 5.41) is 0.263. The third kappa shape index (κ3) is 3.28. The molecule has 0 bridgehead atoms. The van der Waals surface area contributed by atoms with E-state index < -0.39 is 15.8 Å². The Morgan fingerprint density at radius 2 is 1.86 bits per heavy atom. The minimum absolute atomic E-state index is 0.0744. The molecule has 4 nitrogen and oxygen atoms in total. The van der Waals surface area contributed by atoms with Gasteiger partial charge in [-0.3, -0.25) is 4.72 Å². The first-order valence-electron chi connectivity index (χ1n) is 6.05. The van der Waals surface area contributed by atoms with Crippen LogP contribution in [-0.4, -0.2) is 8.42 Å². The van der Waals surface area contributed by atoms with Gasteiger partial charge in [0, 0.05) is 11.3 Å². The number of rotatable bonds is 3. The molecule has 0 fully saturated rings. The van der Waals surface area contributed by atoms with Crippen molar-refractivity contribution in [3.63, 3.8) is 0 Å². The van der Waals surface area contributed by atoms with E-state index in [1.54, 1.807) is 18.2 Å². The van der Waals surface area contributed by atoms with Crippen molar-refractivity contribution >= 4 is 33.0 Å². The lowest BCUT2D eigenvalue weighted by Gasteiger charge is -2.12. The fraction of sp³-hybridized carbons (Fsp3) is 0.143. The summed E-state index contributed by atoms with van der Waals surface area (Å²) in [6.07, 6.45) is 0. The molecule has 2 aromatic carbocycles. The standard InChI is InChI=1S/C14H14ClFN2O2S/c1-8-3-4-14(11(15)5-8)18-21(19,20)10-6-12(16)9(2)13(17)7-10/h3-7,18H,17H2,1-2H3. The second-order valence-electron chi connectivity index (χ2n) is 4.71. The van der Waals surface area contributed by atoms with Gasteiger partial charge in [-0.2, -0.15) is 0 Å². The maximum absolute atomic E-state index is 13.6. The average molecular weight is 329 g/mol. The molecule has 0 unspecified atom stereocenters. The number of benzene rings is 2. The van der Waals surface area contributed by atoms with Crippen molar-refractivity contribution in [2.24, 2.45) is 0 Å². The molecule has 0 saturated carbocycles. The SMILES string of the molecule is Cc1ccc(NS(=O)(=O)c2cc(N)c(C)c(F)c2)c(Cl)c1. The predicted octanol–water partition coefficient (Wildman–Crippen LogP) is 3.48. The van der Waals surface area contributed by atoms with Gasteiger partial charge in [0.1, 0.15) is 5.82 Å². The predicted molar refractivity (Wildman–Crippen MR) is 82.5 cm³/mol. The zero-order valence-corrected chi connectivity index (χ0v) is 13.0. The minimum atomic E-state index is -3.96. The van der Waals surface area contributed by atoms with Crippen LogP contribution >= 0.6 is 11.6 Å². The summed E-state index contributed by atoms with van der Waals surface area (Å²) in [6.45, 7) is 3.31. The Morgan fingerprint density at radius 1 is 1.19 bits per heavy atom. The summed E-state index contributed by atoms with van der Waals surface area (Å²) in [4.78, 5) is -0.250. The van der Waals surface area contributed by atoms with Crippen LogP contribution in [0.4, 0.5) is 15.8 Å². The summed E-state index contributed by atoms with van der Waals surface area (Å²) in [5.74, 6) is -0.676. The molecule has 2 rings (SSSR count). The number of hydrogen-bond acceptors (Lipinski definition) is 3. The van der Waals surface area contributed by atoms with Crippen molar-refractivity contribution < 1.29 is 12.8 Å². The molecule has 112 valence electrons. The number of nitrogen functional groups attached to an aromatic ring is 1. The molecule has 0 aliphatic heterocycles. The molecule has 0 spiro atoms. The molecule has 0 amide bonds. The molecule has 0 radical (unpaired) electrons. The number of aryl methyl sites for hydroxylation is 1. The maximum Gasteiger partial charge on any atom is 0.262 e. The first-order chi connectivity index (χ1) is 9.70. The number of hydrogen-bond donors (Lipinski definition) is 2. The Hall–Kier alpha value is -1.79. The Bertz CT molecular complexity index is 784. The van der Waals surface area contributed by atoms with E-state index in [0.717, 1.165) is 11.6 Å². The second-order valence-corrected chi connectivity index (χ2v) is 6.80. The van der Waals surface area contributed by atoms with E-state index in [9.17, 15) is 12.8 Å². The van der Waals surface area contributed by atoms with Gasteiger partial charge in [-0.15, -0.1) is 0 Å². The van der Waals surface area contributed by atoms with Crippen molar-refractivity contribution in [2.45, 2.75) is 18.7 Å². The third-order valence-electron chi connectivity index (χ3n) is 3.04. The van der Waals surface area contributed by atoms with Gasteiger partial charge in [0.15, 0.2) is 0 Å². The maximum atomic E-state index is 13.6. The van der Waals surface area contributed by atoms with Crippen LogP contribution in [0.3, 0.4) is 0 Å². The van der Waals surface area contributed by atoms with E-state index in [1.165, 1.54) is 13.0 Å². The van der Waals surface area contributed by atoms with Crippen LogP contribution in [0.2, 0.25) is 5.02 Å². The molecule has 7 heteroatoms. The molecule has 0 atom stereocenters. The van der Waals surface area contributed by atoms with Crippen LogP contribution in [0.25, 0.3) is 0 Å². The Morgan fingerprint density at radius 3 is 2.43 bits per heavy atom.